The molecule has 0 amide bonds. The van der Waals surface area contributed by atoms with Crippen molar-refractivity contribution in [3.63, 3.8) is 0 Å². The molecule has 4 heteroatoms. The first-order valence-electron chi connectivity index (χ1n) is 2.81. The summed E-state index contributed by atoms with van der Waals surface area (Å²) in [4.78, 5) is 0. The minimum Gasteiger partial charge on any atom is -0.772 e. The Morgan fingerprint density at radius 3 is 2.11 bits per heavy atom. The first kappa shape index (κ1) is 10.1. The normalized spacial score (nSPS) is 24.2. The molecule has 0 bridgehead atoms. The van der Waals surface area contributed by atoms with Gasteiger partial charge in [-0.1, -0.05) is 6.92 Å². The van der Waals surface area contributed by atoms with Crippen LogP contribution in [0.5, 0.6) is 0 Å². The smallest absolute Gasteiger partial charge is 0.772 e. The van der Waals surface area contributed by atoms with Crippen LogP contribution in [0.4, 0.5) is 0 Å². The van der Waals surface area contributed by atoms with E-state index >= 15 is 0 Å². The van der Waals surface area contributed by atoms with Gasteiger partial charge in [0.2, 0.25) is 0 Å². The monoisotopic (exact) mass is 156 g/mol. The first-order chi connectivity index (χ1) is 3.71. The van der Waals surface area contributed by atoms with Crippen LogP contribution in [0.15, 0.2) is 0 Å². The van der Waals surface area contributed by atoms with Crippen molar-refractivity contribution in [3.8, 4) is 0 Å². The number of hydrogen-bond donors (Lipinski definition) is 0. The van der Waals surface area contributed by atoms with Gasteiger partial charge in [-0.15, -0.1) is 0 Å². The van der Waals surface area contributed by atoms with Crippen LogP contribution in [0, 0.1) is 0 Å². The molecule has 1 atom stereocenters. The van der Waals surface area contributed by atoms with Crippen LogP contribution >= 0.6 is 0 Å². The quantitative estimate of drug-likeness (QED) is 0.336. The molecule has 0 radical (unpaired) electrons. The summed E-state index contributed by atoms with van der Waals surface area (Å²) in [6.45, 7) is 1.92. The van der Waals surface area contributed by atoms with E-state index in [0.717, 1.165) is 19.3 Å². The predicted molar refractivity (Wildman–Crippen MR) is 31.2 cm³/mol. The van der Waals surface area contributed by atoms with Crippen molar-refractivity contribution < 1.29 is 38.3 Å². The molecule has 1 fully saturated rings. The molecule has 0 aliphatic heterocycles. The molecule has 1 saturated carbocycles. The third-order valence-corrected chi connectivity index (χ3v) is 3.21. The van der Waals surface area contributed by atoms with Crippen LogP contribution in [-0.4, -0.2) is 13.5 Å². The van der Waals surface area contributed by atoms with E-state index in [9.17, 15) is 8.76 Å². The van der Waals surface area contributed by atoms with Gasteiger partial charge in [0.05, 0.1) is 0 Å². The van der Waals surface area contributed by atoms with Crippen LogP contribution in [0.25, 0.3) is 0 Å². The SMILES string of the molecule is CCC1(S(=O)[O-])CC1.[Na+]. The summed E-state index contributed by atoms with van der Waals surface area (Å²) in [5.74, 6) is 0. The van der Waals surface area contributed by atoms with Crippen LogP contribution in [0.3, 0.4) is 0 Å². The zero-order valence-electron chi connectivity index (χ0n) is 5.85. The summed E-state index contributed by atoms with van der Waals surface area (Å²) in [6, 6.07) is 0. The fourth-order valence-electron chi connectivity index (χ4n) is 0.777. The minimum atomic E-state index is -1.81. The van der Waals surface area contributed by atoms with Crippen LogP contribution < -0.4 is 29.6 Å². The second-order valence-electron chi connectivity index (χ2n) is 2.27. The summed E-state index contributed by atoms with van der Waals surface area (Å²) < 4.78 is 20.3. The van der Waals surface area contributed by atoms with Crippen LogP contribution in [0.1, 0.15) is 26.2 Å². The summed E-state index contributed by atoms with van der Waals surface area (Å²) in [5, 5.41) is 0. The molecule has 1 unspecified atom stereocenters. The third kappa shape index (κ3) is 2.02. The molecule has 1 aliphatic carbocycles. The molecule has 0 N–H and O–H groups in total. The predicted octanol–water partition coefficient (Wildman–Crippen LogP) is -2.19. The number of rotatable bonds is 2. The van der Waals surface area contributed by atoms with E-state index in [0.29, 0.717) is 0 Å². The van der Waals surface area contributed by atoms with E-state index in [2.05, 4.69) is 0 Å². The first-order valence-corrected chi connectivity index (χ1v) is 3.88. The van der Waals surface area contributed by atoms with Gasteiger partial charge in [0.1, 0.15) is 0 Å². The van der Waals surface area contributed by atoms with Gasteiger partial charge >= 0.3 is 29.6 Å². The Morgan fingerprint density at radius 2 is 2.11 bits per heavy atom. The molecule has 1 rings (SSSR count). The molecule has 0 heterocycles. The molecule has 0 spiro atoms. The molecule has 0 aromatic rings. The van der Waals surface area contributed by atoms with Crippen molar-refractivity contribution in [2.75, 3.05) is 0 Å². The molecule has 0 aromatic carbocycles. The maximum Gasteiger partial charge on any atom is 1.00 e. The molecule has 0 saturated heterocycles. The van der Waals surface area contributed by atoms with Crippen molar-refractivity contribution >= 4 is 11.1 Å². The van der Waals surface area contributed by atoms with Gasteiger partial charge in [0.15, 0.2) is 0 Å². The number of hydrogen-bond acceptors (Lipinski definition) is 2. The minimum absolute atomic E-state index is 0. The van der Waals surface area contributed by atoms with Crippen LogP contribution in [0.2, 0.25) is 0 Å². The van der Waals surface area contributed by atoms with Gasteiger partial charge in [0, 0.05) is 4.75 Å². The molecular weight excluding hydrogens is 147 g/mol. The average molecular weight is 156 g/mol. The van der Waals surface area contributed by atoms with Crippen molar-refractivity contribution in [2.24, 2.45) is 0 Å². The molecular formula is C5H9NaO2S. The summed E-state index contributed by atoms with van der Waals surface area (Å²) >= 11 is -1.81. The van der Waals surface area contributed by atoms with E-state index < -0.39 is 11.1 Å². The van der Waals surface area contributed by atoms with Gasteiger partial charge in [0.25, 0.3) is 0 Å². The Labute approximate surface area is 80.0 Å². The Bertz CT molecular complexity index is 122. The Kier molecular flexibility index (Phi) is 3.92. The molecule has 2 nitrogen and oxygen atoms in total. The summed E-state index contributed by atoms with van der Waals surface area (Å²) in [7, 11) is 0. The van der Waals surface area contributed by atoms with E-state index in [1.54, 1.807) is 0 Å². The fraction of sp³-hybridized carbons (Fsp3) is 1.00. The van der Waals surface area contributed by atoms with E-state index in [-0.39, 0.29) is 34.3 Å². The zero-order valence-corrected chi connectivity index (χ0v) is 8.66. The zero-order chi connectivity index (χ0) is 6.20. The third-order valence-electron chi connectivity index (χ3n) is 1.81. The maximum atomic E-state index is 10.3. The Hall–Kier alpha value is 1.11. The van der Waals surface area contributed by atoms with E-state index in [4.69, 9.17) is 0 Å². The van der Waals surface area contributed by atoms with Gasteiger partial charge in [-0.3, -0.25) is 4.21 Å². The van der Waals surface area contributed by atoms with Crippen molar-refractivity contribution in [1.29, 1.82) is 0 Å². The van der Waals surface area contributed by atoms with Crippen molar-refractivity contribution in [2.45, 2.75) is 30.9 Å². The Morgan fingerprint density at radius 1 is 1.67 bits per heavy atom. The summed E-state index contributed by atoms with van der Waals surface area (Å²) in [6.07, 6.45) is 2.53. The van der Waals surface area contributed by atoms with Gasteiger partial charge in [-0.05, 0) is 30.3 Å². The van der Waals surface area contributed by atoms with Gasteiger partial charge < -0.3 is 4.55 Å². The topological polar surface area (TPSA) is 40.1 Å². The molecule has 9 heavy (non-hydrogen) atoms. The molecule has 0 aromatic heterocycles. The van der Waals surface area contributed by atoms with Crippen molar-refractivity contribution in [3.05, 3.63) is 0 Å². The molecule has 48 valence electrons. The fourth-order valence-corrected chi connectivity index (χ4v) is 1.45. The Balaban J connectivity index is 0.000000640. The van der Waals surface area contributed by atoms with Crippen molar-refractivity contribution in [1.82, 2.24) is 0 Å². The summed E-state index contributed by atoms with van der Waals surface area (Å²) in [5.41, 5.74) is 0. The van der Waals surface area contributed by atoms with Gasteiger partial charge in [-0.25, -0.2) is 0 Å². The largest absolute Gasteiger partial charge is 1.00 e. The average Bonchev–Trinajstić information content (AvgIpc) is 2.44. The standard InChI is InChI=1S/C5H10O2S.Na/c1-2-5(3-4-5)8(6)7;/h2-4H2,1H3,(H,6,7);/q;+1/p-1. The second kappa shape index (κ2) is 3.49. The second-order valence-corrected chi connectivity index (χ2v) is 3.61. The van der Waals surface area contributed by atoms with E-state index in [1.165, 1.54) is 0 Å². The maximum absolute atomic E-state index is 10.3. The van der Waals surface area contributed by atoms with E-state index in [1.807, 2.05) is 6.92 Å². The van der Waals surface area contributed by atoms with Gasteiger partial charge in [-0.2, -0.15) is 0 Å². The van der Waals surface area contributed by atoms with Crippen LogP contribution in [-0.2, 0) is 11.1 Å². The molecule has 1 aliphatic rings.